The van der Waals surface area contributed by atoms with Gasteiger partial charge >= 0.3 is 0 Å². The number of halogens is 1. The zero-order valence-corrected chi connectivity index (χ0v) is 14.4. The lowest BCUT2D eigenvalue weighted by Crippen LogP contribution is -2.40. The number of benzene rings is 1. The second kappa shape index (κ2) is 7.40. The van der Waals surface area contributed by atoms with Crippen LogP contribution in [0, 0.1) is 11.7 Å². The van der Waals surface area contributed by atoms with E-state index in [1.54, 1.807) is 23.3 Å². The molecule has 1 aliphatic heterocycles. The monoisotopic (exact) mass is 348 g/mol. The molecule has 1 fully saturated rings. The average Bonchev–Trinajstić information content (AvgIpc) is 3.02. The maximum atomic E-state index is 13.2. The van der Waals surface area contributed by atoms with Gasteiger partial charge in [0.15, 0.2) is 0 Å². The third-order valence-electron chi connectivity index (χ3n) is 4.52. The molecule has 1 amide bonds. The standard InChI is InChI=1S/C18H21FN2O2S/c1-12(22)14-5-7-21(8-6-14)18(23)16-11-24-17(20-16)10-13-3-2-4-15(19)9-13/h2-4,9,11-12,14,22H,5-8,10H2,1H3. The number of carbonyl (C=O) groups is 1. The number of aromatic nitrogens is 1. The van der Waals surface area contributed by atoms with Crippen LogP contribution in [-0.4, -0.2) is 40.1 Å². The van der Waals surface area contributed by atoms with Gasteiger partial charge in [0.1, 0.15) is 11.5 Å². The van der Waals surface area contributed by atoms with Crippen molar-refractivity contribution in [3.8, 4) is 0 Å². The number of hydrogen-bond acceptors (Lipinski definition) is 4. The van der Waals surface area contributed by atoms with Crippen molar-refractivity contribution >= 4 is 17.2 Å². The molecular formula is C18H21FN2O2S. The zero-order valence-electron chi connectivity index (χ0n) is 13.6. The highest BCUT2D eigenvalue weighted by atomic mass is 32.1. The van der Waals surface area contributed by atoms with E-state index < -0.39 is 0 Å². The number of likely N-dealkylation sites (tertiary alicyclic amines) is 1. The number of aliphatic hydroxyl groups excluding tert-OH is 1. The van der Waals surface area contributed by atoms with Gasteiger partial charge in [-0.25, -0.2) is 9.37 Å². The van der Waals surface area contributed by atoms with Crippen LogP contribution in [0.2, 0.25) is 0 Å². The molecule has 128 valence electrons. The third kappa shape index (κ3) is 3.99. The van der Waals surface area contributed by atoms with Gasteiger partial charge in [-0.1, -0.05) is 12.1 Å². The minimum Gasteiger partial charge on any atom is -0.393 e. The Kier molecular flexibility index (Phi) is 5.26. The lowest BCUT2D eigenvalue weighted by molar-refractivity contribution is 0.0517. The van der Waals surface area contributed by atoms with E-state index in [9.17, 15) is 14.3 Å². The summed E-state index contributed by atoms with van der Waals surface area (Å²) in [6, 6.07) is 6.43. The average molecular weight is 348 g/mol. The molecular weight excluding hydrogens is 327 g/mol. The third-order valence-corrected chi connectivity index (χ3v) is 5.37. The molecule has 0 saturated carbocycles. The van der Waals surface area contributed by atoms with Crippen LogP contribution < -0.4 is 0 Å². The Bertz CT molecular complexity index is 709. The first-order chi connectivity index (χ1) is 11.5. The largest absolute Gasteiger partial charge is 0.393 e. The van der Waals surface area contributed by atoms with E-state index in [-0.39, 0.29) is 23.7 Å². The lowest BCUT2D eigenvalue weighted by atomic mass is 9.92. The molecule has 1 N–H and O–H groups in total. The van der Waals surface area contributed by atoms with Crippen molar-refractivity contribution in [3.05, 3.63) is 51.7 Å². The number of piperidine rings is 1. The summed E-state index contributed by atoms with van der Waals surface area (Å²) in [7, 11) is 0. The van der Waals surface area contributed by atoms with Crippen LogP contribution >= 0.6 is 11.3 Å². The van der Waals surface area contributed by atoms with Gasteiger partial charge in [-0.15, -0.1) is 11.3 Å². The van der Waals surface area contributed by atoms with E-state index in [1.807, 2.05) is 6.07 Å². The molecule has 0 radical (unpaired) electrons. The minimum absolute atomic E-state index is 0.0548. The van der Waals surface area contributed by atoms with E-state index in [4.69, 9.17) is 0 Å². The summed E-state index contributed by atoms with van der Waals surface area (Å²) in [5.41, 5.74) is 1.31. The normalized spacial score (nSPS) is 17.0. The second-order valence-electron chi connectivity index (χ2n) is 6.30. The van der Waals surface area contributed by atoms with Gasteiger partial charge in [0.25, 0.3) is 5.91 Å². The summed E-state index contributed by atoms with van der Waals surface area (Å²) >= 11 is 1.43. The summed E-state index contributed by atoms with van der Waals surface area (Å²) in [5.74, 6) is -0.0462. The molecule has 0 aliphatic carbocycles. The Balaban J connectivity index is 1.62. The quantitative estimate of drug-likeness (QED) is 0.924. The molecule has 24 heavy (non-hydrogen) atoms. The van der Waals surface area contributed by atoms with Crippen LogP contribution in [-0.2, 0) is 6.42 Å². The molecule has 1 aromatic carbocycles. The van der Waals surface area contributed by atoms with Crippen LogP contribution in [0.5, 0.6) is 0 Å². The maximum Gasteiger partial charge on any atom is 0.273 e. The molecule has 1 saturated heterocycles. The molecule has 1 aromatic heterocycles. The molecule has 2 heterocycles. The van der Waals surface area contributed by atoms with Gasteiger partial charge in [0.2, 0.25) is 0 Å². The SMILES string of the molecule is CC(O)C1CCN(C(=O)c2csc(Cc3cccc(F)c3)n2)CC1. The van der Waals surface area contributed by atoms with Crippen LogP contribution in [0.25, 0.3) is 0 Å². The smallest absolute Gasteiger partial charge is 0.273 e. The Morgan fingerprint density at radius 3 is 2.88 bits per heavy atom. The van der Waals surface area contributed by atoms with Crippen LogP contribution in [0.15, 0.2) is 29.6 Å². The summed E-state index contributed by atoms with van der Waals surface area (Å²) in [6.07, 6.45) is 1.85. The highest BCUT2D eigenvalue weighted by molar-refractivity contribution is 7.09. The number of aliphatic hydroxyl groups is 1. The first kappa shape index (κ1) is 17.0. The Morgan fingerprint density at radius 1 is 1.46 bits per heavy atom. The number of thiazole rings is 1. The number of carbonyl (C=O) groups excluding carboxylic acids is 1. The zero-order chi connectivity index (χ0) is 17.1. The van der Waals surface area contributed by atoms with Gasteiger partial charge in [0.05, 0.1) is 11.1 Å². The molecule has 0 bridgehead atoms. The topological polar surface area (TPSA) is 53.4 Å². The second-order valence-corrected chi connectivity index (χ2v) is 7.25. The summed E-state index contributed by atoms with van der Waals surface area (Å²) in [4.78, 5) is 18.8. The van der Waals surface area contributed by atoms with Gasteiger partial charge in [-0.05, 0) is 43.4 Å². The fraction of sp³-hybridized carbons (Fsp3) is 0.444. The summed E-state index contributed by atoms with van der Waals surface area (Å²) in [6.45, 7) is 3.12. The van der Waals surface area contributed by atoms with Crippen molar-refractivity contribution < 1.29 is 14.3 Å². The van der Waals surface area contributed by atoms with Gasteiger partial charge < -0.3 is 10.0 Å². The number of hydrogen-bond donors (Lipinski definition) is 1. The Morgan fingerprint density at radius 2 is 2.21 bits per heavy atom. The van der Waals surface area contributed by atoms with Crippen molar-refractivity contribution in [2.24, 2.45) is 5.92 Å². The number of amides is 1. The van der Waals surface area contributed by atoms with Crippen molar-refractivity contribution in [1.29, 1.82) is 0 Å². The first-order valence-corrected chi connectivity index (χ1v) is 9.07. The van der Waals surface area contributed by atoms with Crippen molar-refractivity contribution in [1.82, 2.24) is 9.88 Å². The Hall–Kier alpha value is -1.79. The predicted molar refractivity (Wildman–Crippen MR) is 91.6 cm³/mol. The fourth-order valence-electron chi connectivity index (χ4n) is 3.06. The lowest BCUT2D eigenvalue weighted by Gasteiger charge is -2.32. The van der Waals surface area contributed by atoms with E-state index in [2.05, 4.69) is 4.98 Å². The molecule has 2 aromatic rings. The van der Waals surface area contributed by atoms with E-state index in [1.165, 1.54) is 23.5 Å². The van der Waals surface area contributed by atoms with Gasteiger partial charge in [-0.3, -0.25) is 4.79 Å². The summed E-state index contributed by atoms with van der Waals surface area (Å²) < 4.78 is 13.2. The highest BCUT2D eigenvalue weighted by Crippen LogP contribution is 2.23. The predicted octanol–water partition coefficient (Wildman–Crippen LogP) is 3.11. The van der Waals surface area contributed by atoms with E-state index >= 15 is 0 Å². The maximum absolute atomic E-state index is 13.2. The number of nitrogens with zero attached hydrogens (tertiary/aromatic N) is 2. The van der Waals surface area contributed by atoms with E-state index in [0.717, 1.165) is 23.4 Å². The van der Waals surface area contributed by atoms with Crippen molar-refractivity contribution in [3.63, 3.8) is 0 Å². The van der Waals surface area contributed by atoms with Crippen LogP contribution in [0.3, 0.4) is 0 Å². The fourth-order valence-corrected chi connectivity index (χ4v) is 3.86. The van der Waals surface area contributed by atoms with E-state index in [0.29, 0.717) is 25.2 Å². The van der Waals surface area contributed by atoms with Gasteiger partial charge in [0, 0.05) is 24.9 Å². The van der Waals surface area contributed by atoms with Crippen LogP contribution in [0.4, 0.5) is 4.39 Å². The molecule has 1 aliphatic rings. The Labute approximate surface area is 145 Å². The first-order valence-electron chi connectivity index (χ1n) is 8.19. The van der Waals surface area contributed by atoms with Crippen molar-refractivity contribution in [2.45, 2.75) is 32.3 Å². The molecule has 4 nitrogen and oxygen atoms in total. The minimum atomic E-state index is -0.320. The molecule has 0 spiro atoms. The highest BCUT2D eigenvalue weighted by Gasteiger charge is 2.27. The number of rotatable bonds is 4. The molecule has 6 heteroatoms. The molecule has 1 unspecified atom stereocenters. The van der Waals surface area contributed by atoms with Crippen molar-refractivity contribution in [2.75, 3.05) is 13.1 Å². The molecule has 1 atom stereocenters. The summed E-state index contributed by atoms with van der Waals surface area (Å²) in [5, 5.41) is 12.2. The van der Waals surface area contributed by atoms with Gasteiger partial charge in [-0.2, -0.15) is 0 Å². The van der Waals surface area contributed by atoms with Crippen LogP contribution in [0.1, 0.15) is 40.8 Å². The molecule has 3 rings (SSSR count).